The van der Waals surface area contributed by atoms with Crippen molar-refractivity contribution in [2.45, 2.75) is 18.9 Å². The maximum atomic E-state index is 12.4. The molecule has 1 aromatic carbocycles. The second kappa shape index (κ2) is 7.81. The van der Waals surface area contributed by atoms with Crippen molar-refractivity contribution in [3.8, 4) is 11.5 Å². The van der Waals surface area contributed by atoms with Gasteiger partial charge < -0.3 is 14.8 Å². The Morgan fingerprint density at radius 3 is 2.54 bits per heavy atom. The number of ether oxygens (including phenoxy) is 2. The normalized spacial score (nSPS) is 21.6. The molecule has 144 valence electrons. The first-order chi connectivity index (χ1) is 12.4. The van der Waals surface area contributed by atoms with E-state index in [0.29, 0.717) is 50.6 Å². The first kappa shape index (κ1) is 18.9. The van der Waals surface area contributed by atoms with Crippen molar-refractivity contribution in [1.82, 2.24) is 13.9 Å². The minimum Gasteiger partial charge on any atom is -0.486 e. The van der Waals surface area contributed by atoms with E-state index in [1.165, 1.54) is 22.7 Å². The van der Waals surface area contributed by atoms with Crippen LogP contribution in [0.3, 0.4) is 0 Å². The summed E-state index contributed by atoms with van der Waals surface area (Å²) in [6.07, 6.45) is 0.802. The maximum Gasteiger partial charge on any atom is 0.281 e. The largest absolute Gasteiger partial charge is 0.486 e. The predicted octanol–water partition coefficient (Wildman–Crippen LogP) is 0.461. The zero-order valence-corrected chi connectivity index (χ0v) is 15.9. The summed E-state index contributed by atoms with van der Waals surface area (Å²) in [7, 11) is -0.384. The van der Waals surface area contributed by atoms with Crippen LogP contribution in [0.15, 0.2) is 24.3 Å². The van der Waals surface area contributed by atoms with Gasteiger partial charge in [-0.25, -0.2) is 0 Å². The Kier molecular flexibility index (Phi) is 5.69. The van der Waals surface area contributed by atoms with E-state index in [1.54, 1.807) is 0 Å². The molecule has 0 radical (unpaired) electrons. The first-order valence-electron chi connectivity index (χ1n) is 8.71. The van der Waals surface area contributed by atoms with Crippen LogP contribution in [0, 0.1) is 5.92 Å². The van der Waals surface area contributed by atoms with Gasteiger partial charge in [0.05, 0.1) is 6.54 Å². The number of nitrogens with one attached hydrogen (secondary N) is 1. The summed E-state index contributed by atoms with van der Waals surface area (Å²) in [5, 5.41) is 2.91. The standard InChI is InChI=1S/C17H25N3O5S/c1-19(2)26(22,23)20-9-7-13(8-10-20)17(21)18-11-14-12-24-15-5-3-4-6-16(15)25-14/h3-6,13-14H,7-12H2,1-2H3,(H,18,21). The number of amides is 1. The molecule has 1 aromatic rings. The van der Waals surface area contributed by atoms with Crippen molar-refractivity contribution in [3.63, 3.8) is 0 Å². The third-order valence-corrected chi connectivity index (χ3v) is 6.62. The Bertz CT molecular complexity index is 745. The predicted molar refractivity (Wildman–Crippen MR) is 96.3 cm³/mol. The van der Waals surface area contributed by atoms with E-state index >= 15 is 0 Å². The van der Waals surface area contributed by atoms with Crippen LogP contribution in [0.2, 0.25) is 0 Å². The molecule has 8 nitrogen and oxygen atoms in total. The van der Waals surface area contributed by atoms with E-state index in [2.05, 4.69) is 5.32 Å². The highest BCUT2D eigenvalue weighted by Gasteiger charge is 2.32. The van der Waals surface area contributed by atoms with Gasteiger partial charge >= 0.3 is 0 Å². The third kappa shape index (κ3) is 4.11. The molecule has 3 rings (SSSR count). The minimum atomic E-state index is -3.41. The molecule has 1 fully saturated rings. The average Bonchev–Trinajstić information content (AvgIpc) is 2.66. The molecule has 9 heteroatoms. The summed E-state index contributed by atoms with van der Waals surface area (Å²) < 4.78 is 38.3. The Hall–Kier alpha value is -1.84. The number of piperidine rings is 1. The Labute approximate surface area is 154 Å². The number of nitrogens with zero attached hydrogens (tertiary/aromatic N) is 2. The van der Waals surface area contributed by atoms with Gasteiger partial charge in [0.25, 0.3) is 10.2 Å². The molecule has 1 N–H and O–H groups in total. The molecule has 0 bridgehead atoms. The van der Waals surface area contributed by atoms with Crippen LogP contribution in [0.4, 0.5) is 0 Å². The Morgan fingerprint density at radius 1 is 1.23 bits per heavy atom. The number of hydrogen-bond acceptors (Lipinski definition) is 5. The molecule has 0 aliphatic carbocycles. The smallest absolute Gasteiger partial charge is 0.281 e. The van der Waals surface area contributed by atoms with Gasteiger partial charge in [0, 0.05) is 33.1 Å². The van der Waals surface area contributed by atoms with E-state index in [4.69, 9.17) is 9.47 Å². The minimum absolute atomic E-state index is 0.0608. The summed E-state index contributed by atoms with van der Waals surface area (Å²) in [5.41, 5.74) is 0. The lowest BCUT2D eigenvalue weighted by atomic mass is 9.97. The first-order valence-corrected chi connectivity index (χ1v) is 10.1. The zero-order valence-electron chi connectivity index (χ0n) is 15.1. The van der Waals surface area contributed by atoms with Gasteiger partial charge in [-0.3, -0.25) is 4.79 Å². The number of carbonyl (C=O) groups is 1. The second-order valence-electron chi connectivity index (χ2n) is 6.71. The molecule has 1 atom stereocenters. The van der Waals surface area contributed by atoms with E-state index in [9.17, 15) is 13.2 Å². The molecule has 0 saturated carbocycles. The summed E-state index contributed by atoms with van der Waals surface area (Å²) in [6.45, 7) is 1.46. The van der Waals surface area contributed by atoms with Crippen LogP contribution in [-0.4, -0.2) is 69.4 Å². The molecule has 2 heterocycles. The van der Waals surface area contributed by atoms with Crippen molar-refractivity contribution < 1.29 is 22.7 Å². The maximum absolute atomic E-state index is 12.4. The van der Waals surface area contributed by atoms with Gasteiger partial charge in [0.15, 0.2) is 11.5 Å². The van der Waals surface area contributed by atoms with Gasteiger partial charge in [0.2, 0.25) is 5.91 Å². The molecule has 2 aliphatic rings. The van der Waals surface area contributed by atoms with Crippen molar-refractivity contribution in [2.24, 2.45) is 5.92 Å². The molecule has 1 amide bonds. The Balaban J connectivity index is 1.45. The molecular weight excluding hydrogens is 358 g/mol. The molecule has 0 aromatic heterocycles. The van der Waals surface area contributed by atoms with Gasteiger partial charge in [-0.2, -0.15) is 17.0 Å². The molecule has 1 unspecified atom stereocenters. The van der Waals surface area contributed by atoms with Crippen molar-refractivity contribution >= 4 is 16.1 Å². The number of rotatable bonds is 5. The highest BCUT2D eigenvalue weighted by molar-refractivity contribution is 7.86. The fourth-order valence-corrected chi connectivity index (χ4v) is 4.24. The van der Waals surface area contributed by atoms with E-state index < -0.39 is 10.2 Å². The summed E-state index contributed by atoms with van der Waals surface area (Å²) in [6, 6.07) is 7.44. The SMILES string of the molecule is CN(C)S(=O)(=O)N1CCC(C(=O)NCC2COc3ccccc3O2)CC1. The van der Waals surface area contributed by atoms with Crippen molar-refractivity contribution in [3.05, 3.63) is 24.3 Å². The summed E-state index contributed by atoms with van der Waals surface area (Å²) in [4.78, 5) is 12.4. The Morgan fingerprint density at radius 2 is 1.88 bits per heavy atom. The average molecular weight is 383 g/mol. The highest BCUT2D eigenvalue weighted by Crippen LogP contribution is 2.30. The lowest BCUT2D eigenvalue weighted by Gasteiger charge is -2.32. The lowest BCUT2D eigenvalue weighted by molar-refractivity contribution is -0.126. The zero-order chi connectivity index (χ0) is 18.7. The molecule has 26 heavy (non-hydrogen) atoms. The van der Waals surface area contributed by atoms with E-state index in [1.807, 2.05) is 24.3 Å². The number of para-hydroxylation sites is 2. The number of hydrogen-bond donors (Lipinski definition) is 1. The fraction of sp³-hybridized carbons (Fsp3) is 0.588. The highest BCUT2D eigenvalue weighted by atomic mass is 32.2. The molecule has 2 aliphatic heterocycles. The second-order valence-corrected chi connectivity index (χ2v) is 8.85. The van der Waals surface area contributed by atoms with Crippen LogP contribution < -0.4 is 14.8 Å². The quantitative estimate of drug-likeness (QED) is 0.798. The number of benzene rings is 1. The topological polar surface area (TPSA) is 88.2 Å². The van der Waals surface area contributed by atoms with Crippen LogP contribution in [-0.2, 0) is 15.0 Å². The van der Waals surface area contributed by atoms with Crippen LogP contribution >= 0.6 is 0 Å². The summed E-state index contributed by atoms with van der Waals surface area (Å²) >= 11 is 0. The lowest BCUT2D eigenvalue weighted by Crippen LogP contribution is -2.48. The molecule has 1 saturated heterocycles. The fourth-order valence-electron chi connectivity index (χ4n) is 3.10. The van der Waals surface area contributed by atoms with Crippen LogP contribution in [0.1, 0.15) is 12.8 Å². The number of fused-ring (bicyclic) bond motifs is 1. The van der Waals surface area contributed by atoms with Gasteiger partial charge in [-0.05, 0) is 25.0 Å². The van der Waals surface area contributed by atoms with Crippen molar-refractivity contribution in [2.75, 3.05) is 40.3 Å². The monoisotopic (exact) mass is 383 g/mol. The van der Waals surface area contributed by atoms with E-state index in [0.717, 1.165) is 0 Å². The van der Waals surface area contributed by atoms with E-state index in [-0.39, 0.29) is 17.9 Å². The molecule has 0 spiro atoms. The molecular formula is C17H25N3O5S. The summed E-state index contributed by atoms with van der Waals surface area (Å²) in [5.74, 6) is 1.15. The van der Waals surface area contributed by atoms with Crippen LogP contribution in [0.25, 0.3) is 0 Å². The van der Waals surface area contributed by atoms with Gasteiger partial charge in [0.1, 0.15) is 12.7 Å². The number of carbonyl (C=O) groups excluding carboxylic acids is 1. The van der Waals surface area contributed by atoms with Crippen molar-refractivity contribution in [1.29, 1.82) is 0 Å². The third-order valence-electron chi connectivity index (χ3n) is 4.68. The van der Waals surface area contributed by atoms with Gasteiger partial charge in [-0.15, -0.1) is 0 Å². The van der Waals surface area contributed by atoms with Gasteiger partial charge in [-0.1, -0.05) is 12.1 Å². The van der Waals surface area contributed by atoms with Crippen LogP contribution in [0.5, 0.6) is 11.5 Å².